The molecular weight excluding hydrogens is 336 g/mol. The molecule has 0 saturated carbocycles. The van der Waals surface area contributed by atoms with Gasteiger partial charge in [-0.1, -0.05) is 6.07 Å². The van der Waals surface area contributed by atoms with Crippen LogP contribution in [-0.4, -0.2) is 80.2 Å². The SMILES string of the molecule is COc1c(N)ccc2c1CCC(N1CCC(N3CCN(C)CC3)CC1)CC2. The summed E-state index contributed by atoms with van der Waals surface area (Å²) in [5, 5.41) is 0. The zero-order valence-corrected chi connectivity index (χ0v) is 17.1. The molecule has 1 aromatic carbocycles. The van der Waals surface area contributed by atoms with Crippen LogP contribution in [0.25, 0.3) is 0 Å². The van der Waals surface area contributed by atoms with Crippen molar-refractivity contribution in [1.82, 2.24) is 14.7 Å². The van der Waals surface area contributed by atoms with Gasteiger partial charge >= 0.3 is 0 Å². The standard InChI is InChI=1S/C22H36N4O/c1-24-13-15-26(16-14-24)19-9-11-25(12-10-19)18-5-3-17-4-8-21(23)22(27-2)20(17)7-6-18/h4,8,18-19H,3,5-7,9-16,23H2,1-2H3. The molecule has 2 fully saturated rings. The van der Waals surface area contributed by atoms with Crippen molar-refractivity contribution in [3.63, 3.8) is 0 Å². The second-order valence-electron chi connectivity index (χ2n) is 8.66. The highest BCUT2D eigenvalue weighted by Crippen LogP contribution is 2.35. The first kappa shape index (κ1) is 19.0. The molecular formula is C22H36N4O. The maximum absolute atomic E-state index is 6.14. The summed E-state index contributed by atoms with van der Waals surface area (Å²) in [6.45, 7) is 7.48. The van der Waals surface area contributed by atoms with Crippen LogP contribution in [0.5, 0.6) is 5.75 Å². The summed E-state index contributed by atoms with van der Waals surface area (Å²) in [4.78, 5) is 7.97. The molecule has 4 rings (SSSR count). The number of nitrogens with zero attached hydrogens (tertiary/aromatic N) is 3. The van der Waals surface area contributed by atoms with Crippen molar-refractivity contribution in [2.24, 2.45) is 0 Å². The van der Waals surface area contributed by atoms with E-state index in [9.17, 15) is 0 Å². The van der Waals surface area contributed by atoms with Crippen molar-refractivity contribution in [3.05, 3.63) is 23.3 Å². The number of nitrogen functional groups attached to an aromatic ring is 1. The Balaban J connectivity index is 1.33. The Labute approximate surface area is 164 Å². The van der Waals surface area contributed by atoms with E-state index in [0.29, 0.717) is 6.04 Å². The summed E-state index contributed by atoms with van der Waals surface area (Å²) in [5.74, 6) is 0.918. The third-order valence-electron chi connectivity index (χ3n) is 7.14. The fourth-order valence-corrected chi connectivity index (χ4v) is 5.38. The Kier molecular flexibility index (Phi) is 5.90. The second kappa shape index (κ2) is 8.38. The van der Waals surface area contributed by atoms with Gasteiger partial charge in [0.05, 0.1) is 12.8 Å². The molecule has 3 aliphatic rings. The Morgan fingerprint density at radius 1 is 0.852 bits per heavy atom. The molecule has 2 N–H and O–H groups in total. The highest BCUT2D eigenvalue weighted by molar-refractivity contribution is 5.59. The van der Waals surface area contributed by atoms with Gasteiger partial charge in [0.1, 0.15) is 5.75 Å². The highest BCUT2D eigenvalue weighted by Gasteiger charge is 2.30. The number of methoxy groups -OCH3 is 1. The smallest absolute Gasteiger partial charge is 0.145 e. The molecule has 2 aliphatic heterocycles. The third-order valence-corrected chi connectivity index (χ3v) is 7.14. The number of piperidine rings is 1. The van der Waals surface area contributed by atoms with Gasteiger partial charge in [-0.15, -0.1) is 0 Å². The van der Waals surface area contributed by atoms with Gasteiger partial charge in [0.15, 0.2) is 0 Å². The molecule has 2 heterocycles. The number of hydrogen-bond donors (Lipinski definition) is 1. The number of likely N-dealkylation sites (N-methyl/N-ethyl adjacent to an activating group) is 1. The van der Waals surface area contributed by atoms with Crippen LogP contribution < -0.4 is 10.5 Å². The summed E-state index contributed by atoms with van der Waals surface area (Å²) in [5.41, 5.74) is 9.71. The number of piperazine rings is 1. The molecule has 1 aliphatic carbocycles. The molecule has 150 valence electrons. The molecule has 5 heteroatoms. The number of hydrogen-bond acceptors (Lipinski definition) is 5. The summed E-state index contributed by atoms with van der Waals surface area (Å²) in [6, 6.07) is 5.74. The van der Waals surface area contributed by atoms with E-state index in [1.807, 2.05) is 6.07 Å². The van der Waals surface area contributed by atoms with Gasteiger partial charge in [0, 0.05) is 38.3 Å². The van der Waals surface area contributed by atoms with Crippen molar-refractivity contribution in [2.45, 2.75) is 50.6 Å². The Morgan fingerprint density at radius 3 is 2.19 bits per heavy atom. The van der Waals surface area contributed by atoms with E-state index >= 15 is 0 Å². The van der Waals surface area contributed by atoms with Crippen LogP contribution in [0.2, 0.25) is 0 Å². The van der Waals surface area contributed by atoms with Gasteiger partial charge < -0.3 is 20.3 Å². The predicted octanol–water partition coefficient (Wildman–Crippen LogP) is 2.24. The molecule has 0 amide bonds. The van der Waals surface area contributed by atoms with Crippen molar-refractivity contribution >= 4 is 5.69 Å². The fourth-order valence-electron chi connectivity index (χ4n) is 5.38. The summed E-state index contributed by atoms with van der Waals surface area (Å²) >= 11 is 0. The molecule has 2 saturated heterocycles. The van der Waals surface area contributed by atoms with Gasteiger partial charge in [-0.25, -0.2) is 0 Å². The number of rotatable bonds is 3. The maximum atomic E-state index is 6.14. The molecule has 0 radical (unpaired) electrons. The van der Waals surface area contributed by atoms with Crippen molar-refractivity contribution in [2.75, 3.05) is 59.2 Å². The van der Waals surface area contributed by atoms with E-state index in [1.165, 1.54) is 76.1 Å². The van der Waals surface area contributed by atoms with Crippen LogP contribution in [0.1, 0.15) is 36.8 Å². The van der Waals surface area contributed by atoms with Crippen LogP contribution >= 0.6 is 0 Å². The minimum absolute atomic E-state index is 0.705. The monoisotopic (exact) mass is 372 g/mol. The molecule has 27 heavy (non-hydrogen) atoms. The molecule has 1 aromatic rings. The zero-order valence-electron chi connectivity index (χ0n) is 17.1. The van der Waals surface area contributed by atoms with Gasteiger partial charge in [0.25, 0.3) is 0 Å². The van der Waals surface area contributed by atoms with Crippen molar-refractivity contribution < 1.29 is 4.74 Å². The topological polar surface area (TPSA) is 45.0 Å². The van der Waals surface area contributed by atoms with Crippen molar-refractivity contribution in [1.29, 1.82) is 0 Å². The molecule has 5 nitrogen and oxygen atoms in total. The first-order valence-corrected chi connectivity index (χ1v) is 10.8. The van der Waals surface area contributed by atoms with Crippen molar-refractivity contribution in [3.8, 4) is 5.75 Å². The molecule has 0 aromatic heterocycles. The van der Waals surface area contributed by atoms with Crippen LogP contribution in [0.3, 0.4) is 0 Å². The number of anilines is 1. The highest BCUT2D eigenvalue weighted by atomic mass is 16.5. The number of fused-ring (bicyclic) bond motifs is 1. The van der Waals surface area contributed by atoms with E-state index < -0.39 is 0 Å². The first-order chi connectivity index (χ1) is 13.2. The number of aryl methyl sites for hydroxylation is 1. The quantitative estimate of drug-likeness (QED) is 0.651. The lowest BCUT2D eigenvalue weighted by molar-refractivity contribution is 0.0514. The second-order valence-corrected chi connectivity index (χ2v) is 8.66. The normalized spacial score (nSPS) is 26.5. The minimum atomic E-state index is 0.705. The van der Waals surface area contributed by atoms with Gasteiger partial charge in [-0.3, -0.25) is 4.90 Å². The lowest BCUT2D eigenvalue weighted by Crippen LogP contribution is -2.53. The molecule has 1 atom stereocenters. The van der Waals surface area contributed by atoms with E-state index in [0.717, 1.165) is 30.3 Å². The van der Waals surface area contributed by atoms with E-state index in [4.69, 9.17) is 10.5 Å². The average Bonchev–Trinajstić information content (AvgIpc) is 2.91. The summed E-state index contributed by atoms with van der Waals surface area (Å²) in [6.07, 6.45) is 7.40. The minimum Gasteiger partial charge on any atom is -0.494 e. The number of likely N-dealkylation sites (tertiary alicyclic amines) is 1. The third kappa shape index (κ3) is 4.10. The average molecular weight is 373 g/mol. The van der Waals surface area contributed by atoms with E-state index in [-0.39, 0.29) is 0 Å². The van der Waals surface area contributed by atoms with E-state index in [1.54, 1.807) is 7.11 Å². The fraction of sp³-hybridized carbons (Fsp3) is 0.727. The number of ether oxygens (including phenoxy) is 1. The van der Waals surface area contributed by atoms with Crippen LogP contribution in [-0.2, 0) is 12.8 Å². The summed E-state index contributed by atoms with van der Waals surface area (Å²) < 4.78 is 5.62. The lowest BCUT2D eigenvalue weighted by Gasteiger charge is -2.44. The number of nitrogens with two attached hydrogens (primary N) is 1. The molecule has 0 spiro atoms. The molecule has 1 unspecified atom stereocenters. The van der Waals surface area contributed by atoms with Gasteiger partial charge in [-0.2, -0.15) is 0 Å². The van der Waals surface area contributed by atoms with Gasteiger partial charge in [-0.05, 0) is 75.9 Å². The van der Waals surface area contributed by atoms with E-state index in [2.05, 4.69) is 27.8 Å². The Bertz CT molecular complexity index is 633. The first-order valence-electron chi connectivity index (χ1n) is 10.8. The maximum Gasteiger partial charge on any atom is 0.145 e. The largest absolute Gasteiger partial charge is 0.494 e. The predicted molar refractivity (Wildman–Crippen MR) is 112 cm³/mol. The van der Waals surface area contributed by atoms with Crippen LogP contribution in [0.15, 0.2) is 12.1 Å². The number of benzene rings is 1. The lowest BCUT2D eigenvalue weighted by atomic mass is 9.98. The molecule has 0 bridgehead atoms. The Morgan fingerprint density at radius 2 is 1.48 bits per heavy atom. The van der Waals surface area contributed by atoms with Gasteiger partial charge in [0.2, 0.25) is 0 Å². The zero-order chi connectivity index (χ0) is 18.8. The van der Waals surface area contributed by atoms with Crippen LogP contribution in [0.4, 0.5) is 5.69 Å². The van der Waals surface area contributed by atoms with Crippen LogP contribution in [0, 0.1) is 0 Å². The summed E-state index contributed by atoms with van der Waals surface area (Å²) in [7, 11) is 3.99. The Hall–Kier alpha value is -1.30.